The highest BCUT2D eigenvalue weighted by atomic mass is 32.1. The van der Waals surface area contributed by atoms with Gasteiger partial charge in [0.2, 0.25) is 5.91 Å². The van der Waals surface area contributed by atoms with Crippen LogP contribution in [0.1, 0.15) is 27.7 Å². The molecule has 1 N–H and O–H groups in total. The van der Waals surface area contributed by atoms with Gasteiger partial charge >= 0.3 is 5.97 Å². The molecular weight excluding hydrogens is 440 g/mol. The van der Waals surface area contributed by atoms with Crippen LogP contribution in [0.25, 0.3) is 11.8 Å². The second-order valence-electron chi connectivity index (χ2n) is 8.15. The Morgan fingerprint density at radius 2 is 2.06 bits per heavy atom. The van der Waals surface area contributed by atoms with E-state index in [9.17, 15) is 19.6 Å². The maximum absolute atomic E-state index is 12.8. The van der Waals surface area contributed by atoms with E-state index in [-0.39, 0.29) is 34.9 Å². The number of anilines is 2. The Morgan fingerprint density at radius 1 is 1.36 bits per heavy atom. The van der Waals surface area contributed by atoms with Crippen molar-refractivity contribution in [2.45, 2.75) is 34.2 Å². The summed E-state index contributed by atoms with van der Waals surface area (Å²) in [6, 6.07) is 9.08. The van der Waals surface area contributed by atoms with Crippen molar-refractivity contribution in [1.82, 2.24) is 4.57 Å². The van der Waals surface area contributed by atoms with Crippen molar-refractivity contribution in [3.63, 3.8) is 0 Å². The van der Waals surface area contributed by atoms with Crippen LogP contribution >= 0.6 is 11.3 Å². The molecule has 0 aliphatic rings. The molecule has 0 saturated heterocycles. The molecular formula is C24H28N4O4S. The van der Waals surface area contributed by atoms with E-state index in [0.29, 0.717) is 15.9 Å². The number of hydrogen-bond donors (Lipinski definition) is 1. The number of nitrogens with zero attached hydrogens (tertiary/aromatic N) is 3. The molecule has 1 aromatic heterocycles. The van der Waals surface area contributed by atoms with Gasteiger partial charge in [-0.3, -0.25) is 14.2 Å². The number of carbonyl (C=O) groups is 2. The number of aromatic nitrogens is 1. The van der Waals surface area contributed by atoms with Crippen LogP contribution < -0.4 is 25.0 Å². The van der Waals surface area contributed by atoms with Crippen molar-refractivity contribution in [2.75, 3.05) is 23.9 Å². The van der Waals surface area contributed by atoms with Crippen LogP contribution in [0, 0.1) is 16.7 Å². The Balaban J connectivity index is 2.46. The molecule has 0 saturated carbocycles. The largest absolute Gasteiger partial charge is 0.457 e. The molecule has 33 heavy (non-hydrogen) atoms. The van der Waals surface area contributed by atoms with Crippen LogP contribution in [-0.4, -0.2) is 30.1 Å². The first kappa shape index (κ1) is 25.6. The third-order valence-electron chi connectivity index (χ3n) is 4.64. The van der Waals surface area contributed by atoms with E-state index in [1.165, 1.54) is 16.8 Å². The molecule has 0 atom stereocenters. The zero-order valence-corrected chi connectivity index (χ0v) is 20.3. The fourth-order valence-corrected chi connectivity index (χ4v) is 4.03. The van der Waals surface area contributed by atoms with Crippen molar-refractivity contribution in [2.24, 2.45) is 5.41 Å². The molecule has 1 aromatic carbocycles. The van der Waals surface area contributed by atoms with Crippen LogP contribution in [0.2, 0.25) is 0 Å². The molecule has 1 heterocycles. The highest BCUT2D eigenvalue weighted by Gasteiger charge is 2.25. The summed E-state index contributed by atoms with van der Waals surface area (Å²) in [6.07, 6.45) is 2.93. The SMILES string of the molecule is C=CCOC(=O)C(C#N)=c1sc(=CNc2cccc(N(C)C(=O)C(C)(C)C)c2)c(=O)n1CC. The number of amides is 1. The number of nitrogens with one attached hydrogen (secondary N) is 1. The molecule has 0 fully saturated rings. The average molecular weight is 469 g/mol. The monoisotopic (exact) mass is 468 g/mol. The van der Waals surface area contributed by atoms with Crippen LogP contribution in [0.3, 0.4) is 0 Å². The molecule has 2 aromatic rings. The van der Waals surface area contributed by atoms with Gasteiger partial charge in [-0.05, 0) is 25.1 Å². The first-order valence-corrected chi connectivity index (χ1v) is 11.1. The predicted molar refractivity (Wildman–Crippen MR) is 131 cm³/mol. The average Bonchev–Trinajstić information content (AvgIpc) is 3.10. The van der Waals surface area contributed by atoms with Gasteiger partial charge < -0.3 is 15.0 Å². The van der Waals surface area contributed by atoms with E-state index in [0.717, 1.165) is 11.3 Å². The molecule has 0 bridgehead atoms. The van der Waals surface area contributed by atoms with E-state index in [1.54, 1.807) is 31.0 Å². The van der Waals surface area contributed by atoms with Crippen molar-refractivity contribution in [1.29, 1.82) is 5.26 Å². The van der Waals surface area contributed by atoms with Gasteiger partial charge in [0.1, 0.15) is 21.9 Å². The smallest absolute Gasteiger partial charge is 0.352 e. The summed E-state index contributed by atoms with van der Waals surface area (Å²) in [5, 5.41) is 12.6. The van der Waals surface area contributed by atoms with Gasteiger partial charge in [-0.25, -0.2) is 4.79 Å². The normalized spacial score (nSPS) is 12.5. The standard InChI is InChI=1S/C24H28N4O4S/c1-7-12-32-22(30)18(14-25)21-28(8-2)20(29)19(33-21)15-26-16-10-9-11-17(13-16)27(6)23(31)24(3,4)5/h7,9-11,13,15,26H,1,8,12H2,2-6H3. The Labute approximate surface area is 196 Å². The lowest BCUT2D eigenvalue weighted by Gasteiger charge is -2.26. The molecule has 0 radical (unpaired) electrons. The van der Waals surface area contributed by atoms with Crippen molar-refractivity contribution >= 4 is 46.4 Å². The summed E-state index contributed by atoms with van der Waals surface area (Å²) in [5.41, 5.74) is 0.296. The number of carbonyl (C=O) groups excluding carboxylic acids is 2. The minimum atomic E-state index is -0.806. The summed E-state index contributed by atoms with van der Waals surface area (Å²) in [7, 11) is 1.71. The quantitative estimate of drug-likeness (QED) is 0.493. The Kier molecular flexibility index (Phi) is 8.38. The van der Waals surface area contributed by atoms with Gasteiger partial charge in [-0.15, -0.1) is 11.3 Å². The number of ether oxygens (including phenoxy) is 1. The maximum atomic E-state index is 12.8. The minimum Gasteiger partial charge on any atom is -0.457 e. The molecule has 9 heteroatoms. The van der Waals surface area contributed by atoms with Gasteiger partial charge in [0.05, 0.1) is 0 Å². The van der Waals surface area contributed by atoms with Gasteiger partial charge in [0.15, 0.2) is 5.57 Å². The summed E-state index contributed by atoms with van der Waals surface area (Å²) < 4.78 is 6.88. The molecule has 0 aliphatic heterocycles. The van der Waals surface area contributed by atoms with Gasteiger partial charge in [-0.1, -0.05) is 39.5 Å². The predicted octanol–water partition coefficient (Wildman–Crippen LogP) is 2.19. The number of nitriles is 1. The topological polar surface area (TPSA) is 104 Å². The third kappa shape index (κ3) is 5.99. The van der Waals surface area contributed by atoms with Crippen molar-refractivity contribution < 1.29 is 14.3 Å². The first-order chi connectivity index (χ1) is 15.5. The highest BCUT2D eigenvalue weighted by Crippen LogP contribution is 2.24. The molecule has 174 valence electrons. The van der Waals surface area contributed by atoms with Crippen molar-refractivity contribution in [3.05, 3.63) is 56.5 Å². The van der Waals surface area contributed by atoms with E-state index >= 15 is 0 Å². The Morgan fingerprint density at radius 3 is 2.64 bits per heavy atom. The number of hydrogen-bond acceptors (Lipinski definition) is 7. The van der Waals surface area contributed by atoms with Crippen LogP contribution in [0.15, 0.2) is 41.7 Å². The number of thiazole rings is 1. The molecule has 0 unspecified atom stereocenters. The van der Waals surface area contributed by atoms with E-state index < -0.39 is 11.4 Å². The molecule has 1 amide bonds. The maximum Gasteiger partial charge on any atom is 0.352 e. The lowest BCUT2D eigenvalue weighted by atomic mass is 9.94. The summed E-state index contributed by atoms with van der Waals surface area (Å²) in [6.45, 7) is 11.1. The lowest BCUT2D eigenvalue weighted by molar-refractivity contribution is -0.135. The van der Waals surface area contributed by atoms with Gasteiger partial charge in [0.25, 0.3) is 5.56 Å². The Bertz CT molecular complexity index is 1280. The van der Waals surface area contributed by atoms with E-state index in [1.807, 2.05) is 39.0 Å². The second-order valence-corrected chi connectivity index (χ2v) is 9.18. The molecule has 2 rings (SSSR count). The minimum absolute atomic E-state index is 0.0275. The lowest BCUT2D eigenvalue weighted by Crippen LogP contribution is -2.36. The van der Waals surface area contributed by atoms with E-state index in [4.69, 9.17) is 4.74 Å². The van der Waals surface area contributed by atoms with Gasteiger partial charge in [-0.2, -0.15) is 5.26 Å². The summed E-state index contributed by atoms with van der Waals surface area (Å²) >= 11 is 1.02. The zero-order valence-electron chi connectivity index (χ0n) is 19.5. The first-order valence-electron chi connectivity index (χ1n) is 10.3. The van der Waals surface area contributed by atoms with Crippen LogP contribution in [-0.2, 0) is 20.9 Å². The van der Waals surface area contributed by atoms with E-state index in [2.05, 4.69) is 11.9 Å². The molecule has 8 nitrogen and oxygen atoms in total. The van der Waals surface area contributed by atoms with Crippen LogP contribution in [0.4, 0.5) is 11.4 Å². The van der Waals surface area contributed by atoms with Crippen molar-refractivity contribution in [3.8, 4) is 6.07 Å². The Hall–Kier alpha value is -3.64. The highest BCUT2D eigenvalue weighted by molar-refractivity contribution is 7.07. The summed E-state index contributed by atoms with van der Waals surface area (Å²) in [5.74, 6) is -0.833. The number of rotatable bonds is 7. The fraction of sp³-hybridized carbons (Fsp3) is 0.333. The second kappa shape index (κ2) is 10.8. The fourth-order valence-electron chi connectivity index (χ4n) is 2.95. The van der Waals surface area contributed by atoms with Crippen LogP contribution in [0.5, 0.6) is 0 Å². The third-order valence-corrected chi connectivity index (χ3v) is 5.77. The molecule has 0 spiro atoms. The number of esters is 1. The zero-order chi connectivity index (χ0) is 24.8. The van der Waals surface area contributed by atoms with Gasteiger partial charge in [0, 0.05) is 36.6 Å². The molecule has 0 aliphatic carbocycles. The number of benzene rings is 1. The summed E-state index contributed by atoms with van der Waals surface area (Å²) in [4.78, 5) is 39.2.